The highest BCUT2D eigenvalue weighted by atomic mass is 35.5. The number of anilines is 1. The molecule has 0 spiro atoms. The van der Waals surface area contributed by atoms with E-state index in [9.17, 15) is 31.5 Å². The molecule has 0 radical (unpaired) electrons. The van der Waals surface area contributed by atoms with Crippen molar-refractivity contribution in [2.75, 3.05) is 5.32 Å². The van der Waals surface area contributed by atoms with Crippen molar-refractivity contribution in [3.05, 3.63) is 76.8 Å². The summed E-state index contributed by atoms with van der Waals surface area (Å²) in [4.78, 5) is 12.5. The van der Waals surface area contributed by atoms with Crippen molar-refractivity contribution < 1.29 is 31.5 Å². The van der Waals surface area contributed by atoms with E-state index < -0.39 is 44.0 Å². The average molecular weight is 554 g/mol. The molecule has 2 aliphatic carbocycles. The van der Waals surface area contributed by atoms with Crippen LogP contribution in [-0.4, -0.2) is 40.1 Å². The highest BCUT2D eigenvalue weighted by Crippen LogP contribution is 2.52. The van der Waals surface area contributed by atoms with Crippen LogP contribution in [-0.2, 0) is 16.4 Å². The Morgan fingerprint density at radius 1 is 1.14 bits per heavy atom. The fourth-order valence-corrected chi connectivity index (χ4v) is 8.05. The lowest BCUT2D eigenvalue weighted by molar-refractivity contribution is -0.0735. The van der Waals surface area contributed by atoms with E-state index >= 15 is 0 Å². The lowest BCUT2D eigenvalue weighted by atomic mass is 9.74. The predicted octanol–water partition coefficient (Wildman–Crippen LogP) is 4.60. The molecule has 1 amide bonds. The maximum Gasteiger partial charge on any atom is 0.255 e. The number of hydrogen-bond donors (Lipinski definition) is 2. The van der Waals surface area contributed by atoms with E-state index in [1.807, 2.05) is 0 Å². The minimum Gasteiger partial charge on any atom is -0.387 e. The van der Waals surface area contributed by atoms with Gasteiger partial charge in [0.25, 0.3) is 5.91 Å². The Bertz CT molecular complexity index is 1430. The lowest BCUT2D eigenvalue weighted by Gasteiger charge is -2.42. The number of fused-ring (bicyclic) bond motifs is 2. The van der Waals surface area contributed by atoms with Crippen LogP contribution >= 0.6 is 11.6 Å². The fourth-order valence-electron chi connectivity index (χ4n) is 5.65. The summed E-state index contributed by atoms with van der Waals surface area (Å²) < 4.78 is 69.2. The number of aromatic nitrogens is 2. The largest absolute Gasteiger partial charge is 0.387 e. The molecular formula is C25H23ClF3N3O4S. The minimum atomic E-state index is -3.99. The van der Waals surface area contributed by atoms with Crippen molar-refractivity contribution in [2.45, 2.75) is 48.0 Å². The van der Waals surface area contributed by atoms with Crippen molar-refractivity contribution in [1.29, 1.82) is 0 Å². The van der Waals surface area contributed by atoms with E-state index in [1.165, 1.54) is 12.1 Å². The van der Waals surface area contributed by atoms with Gasteiger partial charge in [-0.1, -0.05) is 11.6 Å². The quantitative estimate of drug-likeness (QED) is 0.435. The number of rotatable bonds is 6. The van der Waals surface area contributed by atoms with Crippen LogP contribution in [0.5, 0.6) is 0 Å². The van der Waals surface area contributed by atoms with E-state index in [2.05, 4.69) is 10.4 Å². The van der Waals surface area contributed by atoms with E-state index in [-0.39, 0.29) is 52.4 Å². The van der Waals surface area contributed by atoms with Gasteiger partial charge in [0.05, 0.1) is 27.3 Å². The molecule has 0 saturated heterocycles. The zero-order chi connectivity index (χ0) is 26.5. The Balaban J connectivity index is 1.38. The smallest absolute Gasteiger partial charge is 0.255 e. The van der Waals surface area contributed by atoms with Gasteiger partial charge in [-0.3, -0.25) is 9.48 Å². The van der Waals surface area contributed by atoms with Gasteiger partial charge in [0.15, 0.2) is 27.3 Å². The number of hydrogen-bond acceptors (Lipinski definition) is 5. The van der Waals surface area contributed by atoms with Crippen molar-refractivity contribution in [3.8, 4) is 0 Å². The molecule has 1 heterocycles. The monoisotopic (exact) mass is 553 g/mol. The molecule has 2 bridgehead atoms. The SMILES string of the molecule is O=C(Nc1cc(F)c(F)c(F)c1)c1ccc(Cl)c(S(=O)(=O)[C@H]2CC3CC[C@@H](C2)[C@@]3(O)Cn2cccn2)c1. The first-order valence-electron chi connectivity index (χ1n) is 11.7. The van der Waals surface area contributed by atoms with Gasteiger partial charge < -0.3 is 10.4 Å². The number of carbonyl (C=O) groups is 1. The highest BCUT2D eigenvalue weighted by molar-refractivity contribution is 7.92. The Hall–Kier alpha value is -2.89. The molecular weight excluding hydrogens is 531 g/mol. The van der Waals surface area contributed by atoms with Crippen LogP contribution in [0.4, 0.5) is 18.9 Å². The number of carbonyl (C=O) groups excluding carboxylic acids is 1. The topological polar surface area (TPSA) is 101 Å². The van der Waals surface area contributed by atoms with Crippen molar-refractivity contribution in [1.82, 2.24) is 9.78 Å². The van der Waals surface area contributed by atoms with Crippen molar-refractivity contribution in [2.24, 2.45) is 11.8 Å². The van der Waals surface area contributed by atoms with Crippen LogP contribution in [0.25, 0.3) is 0 Å². The summed E-state index contributed by atoms with van der Waals surface area (Å²) in [7, 11) is -3.99. The highest BCUT2D eigenvalue weighted by Gasteiger charge is 2.56. The molecule has 3 aromatic rings. The van der Waals surface area contributed by atoms with Crippen LogP contribution in [0.1, 0.15) is 36.0 Å². The fraction of sp³-hybridized carbons (Fsp3) is 0.360. The van der Waals surface area contributed by atoms with Gasteiger partial charge >= 0.3 is 0 Å². The third kappa shape index (κ3) is 4.64. The molecule has 1 unspecified atom stereocenters. The normalized spacial score (nSPS) is 25.3. The Kier molecular flexibility index (Phi) is 6.57. The molecule has 0 aliphatic heterocycles. The zero-order valence-corrected chi connectivity index (χ0v) is 20.9. The maximum atomic E-state index is 13.7. The van der Waals surface area contributed by atoms with Crippen LogP contribution in [0.2, 0.25) is 5.02 Å². The first kappa shape index (κ1) is 25.7. The van der Waals surface area contributed by atoms with Gasteiger partial charge in [0.1, 0.15) is 0 Å². The maximum absolute atomic E-state index is 13.7. The Morgan fingerprint density at radius 3 is 2.38 bits per heavy atom. The molecule has 2 aromatic carbocycles. The standard InChI is InChI=1S/C25H23ClF3N3O4S/c26-19-5-2-14(24(33)31-17-11-20(27)23(29)21(28)12-17)8-22(19)37(35,36)18-9-15-3-4-16(10-18)25(15,34)13-32-7-1-6-30-32/h1-2,5-8,11-12,15-16,18,34H,3-4,9-10,13H2,(H,31,33)/t15-,16?,18+,25-/m0/s1. The molecule has 37 heavy (non-hydrogen) atoms. The molecule has 196 valence electrons. The van der Waals surface area contributed by atoms with E-state index in [4.69, 9.17) is 11.6 Å². The summed E-state index contributed by atoms with van der Waals surface area (Å²) >= 11 is 6.25. The zero-order valence-electron chi connectivity index (χ0n) is 19.4. The Labute approximate surface area is 216 Å². The van der Waals surface area contributed by atoms with Crippen LogP contribution in [0.3, 0.4) is 0 Å². The summed E-state index contributed by atoms with van der Waals surface area (Å²) in [5, 5.41) is 17.0. The van der Waals surface area contributed by atoms with Gasteiger partial charge in [0, 0.05) is 35.8 Å². The summed E-state index contributed by atoms with van der Waals surface area (Å²) in [5.41, 5.74) is -1.51. The summed E-state index contributed by atoms with van der Waals surface area (Å²) in [6, 6.07) is 6.66. The number of benzene rings is 2. The molecule has 2 saturated carbocycles. The summed E-state index contributed by atoms with van der Waals surface area (Å²) in [6.07, 6.45) is 5.22. The Morgan fingerprint density at radius 2 is 1.78 bits per heavy atom. The van der Waals surface area contributed by atoms with Crippen molar-refractivity contribution >= 4 is 33.0 Å². The van der Waals surface area contributed by atoms with Gasteiger partial charge in [0.2, 0.25) is 0 Å². The lowest BCUT2D eigenvalue weighted by Crippen LogP contribution is -2.50. The molecule has 12 heteroatoms. The predicted molar refractivity (Wildman–Crippen MR) is 129 cm³/mol. The van der Waals surface area contributed by atoms with Crippen LogP contribution in [0.15, 0.2) is 53.7 Å². The molecule has 4 atom stereocenters. The van der Waals surface area contributed by atoms with Crippen LogP contribution < -0.4 is 5.32 Å². The van der Waals surface area contributed by atoms with E-state index in [0.717, 1.165) is 6.07 Å². The van der Waals surface area contributed by atoms with Gasteiger partial charge in [-0.15, -0.1) is 0 Å². The molecule has 2 aliphatic rings. The number of sulfone groups is 1. The molecule has 2 fully saturated rings. The number of nitrogens with one attached hydrogen (secondary N) is 1. The molecule has 7 nitrogen and oxygen atoms in total. The molecule has 1 aromatic heterocycles. The third-order valence-electron chi connectivity index (χ3n) is 7.53. The van der Waals surface area contributed by atoms with Crippen molar-refractivity contribution in [3.63, 3.8) is 0 Å². The minimum absolute atomic E-state index is 0.0693. The van der Waals surface area contributed by atoms with Gasteiger partial charge in [-0.2, -0.15) is 5.10 Å². The first-order chi connectivity index (χ1) is 17.5. The summed E-state index contributed by atoms with van der Waals surface area (Å²) in [6.45, 7) is 0.281. The molecule has 5 rings (SSSR count). The number of halogens is 4. The van der Waals surface area contributed by atoms with Crippen LogP contribution in [0, 0.1) is 29.3 Å². The second-order valence-corrected chi connectivity index (χ2v) is 12.3. The number of amides is 1. The van der Waals surface area contributed by atoms with E-state index in [1.54, 1.807) is 23.1 Å². The number of nitrogens with zero attached hydrogens (tertiary/aromatic N) is 2. The van der Waals surface area contributed by atoms with Gasteiger partial charge in [-0.25, -0.2) is 21.6 Å². The number of aliphatic hydroxyl groups is 1. The second-order valence-electron chi connectivity index (χ2n) is 9.66. The average Bonchev–Trinajstić information content (AvgIpc) is 3.36. The first-order valence-corrected chi connectivity index (χ1v) is 13.6. The third-order valence-corrected chi connectivity index (χ3v) is 10.2. The van der Waals surface area contributed by atoms with E-state index in [0.29, 0.717) is 25.0 Å². The molecule has 2 N–H and O–H groups in total. The summed E-state index contributed by atoms with van der Waals surface area (Å²) in [5.74, 6) is -5.97. The second kappa shape index (κ2) is 9.45. The van der Waals surface area contributed by atoms with Gasteiger partial charge in [-0.05, 0) is 61.8 Å².